The predicted octanol–water partition coefficient (Wildman–Crippen LogP) is 5.79. The number of hydrogen-bond donors (Lipinski definition) is 0. The number of nitrogens with zero attached hydrogens (tertiary/aromatic N) is 2. The first kappa shape index (κ1) is 21.6. The molecule has 0 amide bonds. The molecular weight excluding hydrogens is 445 g/mol. The molecule has 0 saturated heterocycles. The number of pyridine rings is 2. The Labute approximate surface area is 175 Å². The van der Waals surface area contributed by atoms with E-state index >= 15 is 0 Å². The van der Waals surface area contributed by atoms with E-state index in [0.29, 0.717) is 22.4 Å². The molecule has 0 aliphatic carbocycles. The van der Waals surface area contributed by atoms with Crippen molar-refractivity contribution in [3.05, 3.63) is 59.5 Å². The first-order valence-electron chi connectivity index (χ1n) is 8.12. The highest BCUT2D eigenvalue weighted by atomic mass is 35.5. The van der Waals surface area contributed by atoms with E-state index in [1.807, 2.05) is 0 Å². The molecule has 152 valence electrons. The van der Waals surface area contributed by atoms with Gasteiger partial charge in [0.15, 0.2) is 9.84 Å². The number of alkyl halides is 3. The topological polar surface area (TPSA) is 59.9 Å². The van der Waals surface area contributed by atoms with Crippen molar-refractivity contribution in [3.8, 4) is 22.4 Å². The lowest BCUT2D eigenvalue weighted by Gasteiger charge is -2.13. The molecule has 0 bridgehead atoms. The van der Waals surface area contributed by atoms with Crippen molar-refractivity contribution in [2.45, 2.75) is 22.2 Å². The highest BCUT2D eigenvalue weighted by Crippen LogP contribution is 2.41. The van der Waals surface area contributed by atoms with Crippen molar-refractivity contribution in [3.63, 3.8) is 0 Å². The summed E-state index contributed by atoms with van der Waals surface area (Å²) in [6, 6.07) is 8.95. The standard InChI is InChI=1S/C19H14ClF3N2O2S2/c1-11-3-4-12(9-24-11)18-17(8-15(10-25-18)28-19(21,22)23)13-5-14(20)7-16(6-13)29(2,26)27/h3-10H,1-2H3. The molecule has 0 aliphatic heterocycles. The largest absolute Gasteiger partial charge is 0.446 e. The van der Waals surface area contributed by atoms with Crippen LogP contribution in [0.25, 0.3) is 22.4 Å². The molecular formula is C19H14ClF3N2O2S2. The van der Waals surface area contributed by atoms with E-state index in [2.05, 4.69) is 9.97 Å². The fraction of sp³-hybridized carbons (Fsp3) is 0.158. The summed E-state index contributed by atoms with van der Waals surface area (Å²) in [6.45, 7) is 1.80. The van der Waals surface area contributed by atoms with Gasteiger partial charge in [-0.25, -0.2) is 8.42 Å². The van der Waals surface area contributed by atoms with Crippen LogP contribution in [0.15, 0.2) is 58.6 Å². The fourth-order valence-electron chi connectivity index (χ4n) is 2.63. The van der Waals surface area contributed by atoms with Gasteiger partial charge in [-0.1, -0.05) is 11.6 Å². The second kappa shape index (κ2) is 7.97. The van der Waals surface area contributed by atoms with Crippen LogP contribution in [-0.4, -0.2) is 30.1 Å². The highest BCUT2D eigenvalue weighted by Gasteiger charge is 2.30. The molecule has 10 heteroatoms. The van der Waals surface area contributed by atoms with Crippen molar-refractivity contribution >= 4 is 33.2 Å². The number of sulfone groups is 1. The van der Waals surface area contributed by atoms with Crippen molar-refractivity contribution in [1.29, 1.82) is 0 Å². The summed E-state index contributed by atoms with van der Waals surface area (Å²) in [6.07, 6.45) is 3.71. The average molecular weight is 459 g/mol. The van der Waals surface area contributed by atoms with Crippen LogP contribution in [0.5, 0.6) is 0 Å². The summed E-state index contributed by atoms with van der Waals surface area (Å²) in [4.78, 5) is 8.24. The van der Waals surface area contributed by atoms with Gasteiger partial charge in [-0.15, -0.1) is 0 Å². The van der Waals surface area contributed by atoms with Crippen LogP contribution in [0.2, 0.25) is 5.02 Å². The lowest BCUT2D eigenvalue weighted by molar-refractivity contribution is -0.0328. The van der Waals surface area contributed by atoms with Crippen LogP contribution in [0.3, 0.4) is 0 Å². The van der Waals surface area contributed by atoms with Crippen LogP contribution in [0.4, 0.5) is 13.2 Å². The summed E-state index contributed by atoms with van der Waals surface area (Å²) < 4.78 is 62.5. The number of benzene rings is 1. The van der Waals surface area contributed by atoms with Crippen LogP contribution in [0.1, 0.15) is 5.69 Å². The van der Waals surface area contributed by atoms with Crippen molar-refractivity contribution in [1.82, 2.24) is 9.97 Å². The van der Waals surface area contributed by atoms with E-state index < -0.39 is 15.3 Å². The molecule has 2 heterocycles. The van der Waals surface area contributed by atoms with Crippen LogP contribution in [0, 0.1) is 6.92 Å². The Morgan fingerprint density at radius 3 is 2.31 bits per heavy atom. The third-order valence-electron chi connectivity index (χ3n) is 3.89. The quantitative estimate of drug-likeness (QED) is 0.463. The molecule has 0 saturated carbocycles. The summed E-state index contributed by atoms with van der Waals surface area (Å²) in [7, 11) is -3.58. The van der Waals surface area contributed by atoms with Gasteiger partial charge in [-0.3, -0.25) is 9.97 Å². The van der Waals surface area contributed by atoms with Crippen molar-refractivity contribution < 1.29 is 21.6 Å². The Kier molecular flexibility index (Phi) is 5.93. The molecule has 4 nitrogen and oxygen atoms in total. The number of halogens is 4. The zero-order valence-corrected chi connectivity index (χ0v) is 17.5. The van der Waals surface area contributed by atoms with E-state index in [1.165, 1.54) is 24.3 Å². The predicted molar refractivity (Wildman–Crippen MR) is 108 cm³/mol. The van der Waals surface area contributed by atoms with E-state index in [1.54, 1.807) is 25.3 Å². The monoisotopic (exact) mass is 458 g/mol. The minimum atomic E-state index is -4.49. The molecule has 3 rings (SSSR count). The number of aromatic nitrogens is 2. The Hall–Kier alpha value is -2.10. The van der Waals surface area contributed by atoms with Gasteiger partial charge in [0.1, 0.15) is 0 Å². The summed E-state index contributed by atoms with van der Waals surface area (Å²) >= 11 is 5.79. The Morgan fingerprint density at radius 2 is 1.72 bits per heavy atom. The van der Waals surface area contributed by atoms with Gasteiger partial charge in [0.25, 0.3) is 0 Å². The Balaban J connectivity index is 2.25. The Bertz CT molecular complexity index is 1170. The molecule has 0 unspecified atom stereocenters. The van der Waals surface area contributed by atoms with Crippen LogP contribution in [-0.2, 0) is 9.84 Å². The number of rotatable bonds is 4. The summed E-state index contributed by atoms with van der Waals surface area (Å²) in [5.74, 6) is 0. The number of aryl methyl sites for hydroxylation is 1. The first-order chi connectivity index (χ1) is 13.4. The first-order valence-corrected chi connectivity index (χ1v) is 11.2. The lowest BCUT2D eigenvalue weighted by atomic mass is 10.0. The zero-order chi connectivity index (χ0) is 21.4. The summed E-state index contributed by atoms with van der Waals surface area (Å²) in [5, 5.41) is 0.143. The third-order valence-corrected chi connectivity index (χ3v) is 5.89. The fourth-order valence-corrected chi connectivity index (χ4v) is 4.16. The number of hydrogen-bond acceptors (Lipinski definition) is 5. The van der Waals surface area contributed by atoms with Gasteiger partial charge in [0, 0.05) is 45.4 Å². The van der Waals surface area contributed by atoms with E-state index in [0.717, 1.165) is 18.1 Å². The molecule has 0 radical (unpaired) electrons. The molecule has 0 fully saturated rings. The maximum Gasteiger partial charge on any atom is 0.446 e. The van der Waals surface area contributed by atoms with Gasteiger partial charge in [0.2, 0.25) is 0 Å². The zero-order valence-electron chi connectivity index (χ0n) is 15.2. The number of thioether (sulfide) groups is 1. The maximum absolute atomic E-state index is 12.9. The van der Waals surface area contributed by atoms with Gasteiger partial charge in [-0.05, 0) is 60.6 Å². The molecule has 0 aliphatic rings. The second-order valence-corrected chi connectivity index (χ2v) is 9.84. The average Bonchev–Trinajstić information content (AvgIpc) is 2.60. The van der Waals surface area contributed by atoms with Gasteiger partial charge in [-0.2, -0.15) is 13.2 Å². The van der Waals surface area contributed by atoms with Gasteiger partial charge in [0.05, 0.1) is 10.6 Å². The van der Waals surface area contributed by atoms with E-state index in [9.17, 15) is 21.6 Å². The molecule has 3 aromatic rings. The minimum absolute atomic E-state index is 0.0399. The van der Waals surface area contributed by atoms with Crippen molar-refractivity contribution in [2.75, 3.05) is 6.26 Å². The van der Waals surface area contributed by atoms with Crippen LogP contribution >= 0.6 is 23.4 Å². The SMILES string of the molecule is Cc1ccc(-c2ncc(SC(F)(F)F)cc2-c2cc(Cl)cc(S(C)(=O)=O)c2)cn1. The van der Waals surface area contributed by atoms with Gasteiger partial charge >= 0.3 is 5.51 Å². The van der Waals surface area contributed by atoms with Gasteiger partial charge < -0.3 is 0 Å². The molecule has 2 aromatic heterocycles. The normalized spacial score (nSPS) is 12.2. The molecule has 0 spiro atoms. The molecule has 0 atom stereocenters. The lowest BCUT2D eigenvalue weighted by Crippen LogP contribution is -2.01. The minimum Gasteiger partial charge on any atom is -0.261 e. The maximum atomic E-state index is 12.9. The van der Waals surface area contributed by atoms with Crippen LogP contribution < -0.4 is 0 Å². The highest BCUT2D eigenvalue weighted by molar-refractivity contribution is 8.00. The molecule has 29 heavy (non-hydrogen) atoms. The third kappa shape index (κ3) is 5.49. The smallest absolute Gasteiger partial charge is 0.261 e. The Morgan fingerprint density at radius 1 is 1.00 bits per heavy atom. The molecule has 1 aromatic carbocycles. The van der Waals surface area contributed by atoms with E-state index in [4.69, 9.17) is 11.6 Å². The summed E-state index contributed by atoms with van der Waals surface area (Å²) in [5.41, 5.74) is -2.12. The molecule has 0 N–H and O–H groups in total. The second-order valence-electron chi connectivity index (χ2n) is 6.25. The van der Waals surface area contributed by atoms with Crippen molar-refractivity contribution in [2.24, 2.45) is 0 Å². The van der Waals surface area contributed by atoms with E-state index in [-0.39, 0.29) is 26.6 Å².